The molecule has 0 fully saturated rings. The number of hydrogen-bond acceptors (Lipinski definition) is 6. The second-order valence-electron chi connectivity index (χ2n) is 16.2. The van der Waals surface area contributed by atoms with E-state index in [-0.39, 0.29) is 17.6 Å². The van der Waals surface area contributed by atoms with Gasteiger partial charge in [-0.05, 0) is 107 Å². The van der Waals surface area contributed by atoms with E-state index in [4.69, 9.17) is 14.0 Å². The monoisotopic (exact) mass is 1070 g/mol. The standard InChI is InChI=1S/C47H30F16O7S2/c1-26-11-22-33(25-38(26)40(48,49)41(50,51)42(52,53)43(54,55)44(56,57)45(58,59)46(60,61)47(62,63)72(66,67)68)71(64,65)32-23-20-31(21-24-32)70-30-18-14-28(15-19-30)39(27-12-16-29(69-2)17-13-27)36-9-5-3-7-34(36)35-8-4-6-10-37(35)39/h3-25H,1-2H3,(H,66,67,68). The topological polar surface area (TPSA) is 107 Å². The summed E-state index contributed by atoms with van der Waals surface area (Å²) >= 11 is 0. The van der Waals surface area contributed by atoms with Crippen LogP contribution in [0, 0.1) is 6.92 Å². The van der Waals surface area contributed by atoms with Crippen LogP contribution in [0.3, 0.4) is 0 Å². The molecule has 0 spiro atoms. The van der Waals surface area contributed by atoms with Crippen molar-refractivity contribution in [3.05, 3.63) is 173 Å². The minimum Gasteiger partial charge on any atom is -0.497 e. The second-order valence-corrected chi connectivity index (χ2v) is 19.6. The van der Waals surface area contributed by atoms with Crippen molar-refractivity contribution in [1.29, 1.82) is 0 Å². The average molecular weight is 1070 g/mol. The van der Waals surface area contributed by atoms with Crippen LogP contribution >= 0.6 is 0 Å². The molecule has 6 aromatic carbocycles. The highest BCUT2D eigenvalue weighted by Gasteiger charge is 2.96. The molecule has 1 aliphatic rings. The van der Waals surface area contributed by atoms with Gasteiger partial charge in [-0.3, -0.25) is 4.55 Å². The Hall–Kier alpha value is -6.34. The Morgan fingerprint density at radius 1 is 0.458 bits per heavy atom. The van der Waals surface area contributed by atoms with Crippen molar-refractivity contribution in [1.82, 2.24) is 0 Å². The summed E-state index contributed by atoms with van der Waals surface area (Å²) < 4.78 is 300. The van der Waals surface area contributed by atoms with Crippen molar-refractivity contribution in [2.45, 2.75) is 68.8 Å². The number of benzene rings is 6. The Morgan fingerprint density at radius 3 is 1.26 bits per heavy atom. The lowest BCUT2D eigenvalue weighted by molar-refractivity contribution is -0.450. The number of hydrogen-bond donors (Lipinski definition) is 1. The van der Waals surface area contributed by atoms with Gasteiger partial charge in [0.1, 0.15) is 17.2 Å². The third-order valence-corrected chi connectivity index (χ3v) is 14.7. The van der Waals surface area contributed by atoms with E-state index in [1.807, 2.05) is 72.8 Å². The van der Waals surface area contributed by atoms with Gasteiger partial charge in [-0.2, -0.15) is 78.7 Å². The van der Waals surface area contributed by atoms with E-state index in [1.165, 1.54) is 7.11 Å². The molecule has 0 unspecified atom stereocenters. The van der Waals surface area contributed by atoms with Crippen LogP contribution in [0.5, 0.6) is 17.2 Å². The summed E-state index contributed by atoms with van der Waals surface area (Å²) in [5.74, 6) is -58.4. The van der Waals surface area contributed by atoms with Crippen LogP contribution in [0.4, 0.5) is 70.2 Å². The Balaban J connectivity index is 1.17. The van der Waals surface area contributed by atoms with Crippen molar-refractivity contribution in [2.24, 2.45) is 0 Å². The van der Waals surface area contributed by atoms with Crippen LogP contribution in [-0.2, 0) is 31.3 Å². The van der Waals surface area contributed by atoms with Crippen molar-refractivity contribution in [3.8, 4) is 28.4 Å². The van der Waals surface area contributed by atoms with Crippen LogP contribution in [0.1, 0.15) is 33.4 Å². The van der Waals surface area contributed by atoms with Crippen molar-refractivity contribution in [2.75, 3.05) is 7.11 Å². The SMILES string of the molecule is COc1ccc(C2(c3ccc(Oc4ccc(S(=O)(=O)c5ccc(C)c(C(F)(F)C(F)(F)C(F)(F)C(F)(F)C(F)(F)C(F)(F)C(F)(F)C(F)(F)S(=O)(=O)O)c5)cc4)cc3)c3ccccc3-c3ccccc32)cc1. The van der Waals surface area contributed by atoms with Gasteiger partial charge in [0.25, 0.3) is 0 Å². The maximum atomic E-state index is 15.5. The summed E-state index contributed by atoms with van der Waals surface area (Å²) in [5.41, 5.74) is 0.692. The van der Waals surface area contributed by atoms with E-state index in [1.54, 1.807) is 24.3 Å². The second kappa shape index (κ2) is 17.1. The van der Waals surface area contributed by atoms with Crippen LogP contribution in [0.2, 0.25) is 0 Å². The van der Waals surface area contributed by atoms with Crippen LogP contribution < -0.4 is 9.47 Å². The van der Waals surface area contributed by atoms with E-state index in [0.29, 0.717) is 18.7 Å². The molecule has 0 atom stereocenters. The number of alkyl halides is 16. The Morgan fingerprint density at radius 2 is 0.833 bits per heavy atom. The number of ether oxygens (including phenoxy) is 2. The van der Waals surface area contributed by atoms with Gasteiger partial charge in [-0.15, -0.1) is 0 Å². The van der Waals surface area contributed by atoms with E-state index in [2.05, 4.69) is 0 Å². The Bertz CT molecular complexity index is 3230. The molecule has 7 rings (SSSR count). The molecule has 0 aliphatic heterocycles. The number of sulfone groups is 1. The number of methoxy groups -OCH3 is 1. The lowest BCUT2D eigenvalue weighted by Crippen LogP contribution is -2.75. The molecule has 384 valence electrons. The van der Waals surface area contributed by atoms with Crippen molar-refractivity contribution >= 4 is 20.0 Å². The molecule has 0 radical (unpaired) electrons. The third-order valence-electron chi connectivity index (χ3n) is 12.0. The number of halogens is 16. The minimum absolute atomic E-state index is 0.0658. The lowest BCUT2D eigenvalue weighted by Gasteiger charge is -2.43. The quantitative estimate of drug-likeness (QED) is 0.0759. The molecular weight excluding hydrogens is 1040 g/mol. The highest BCUT2D eigenvalue weighted by atomic mass is 32.2. The molecule has 7 nitrogen and oxygen atoms in total. The fraction of sp³-hybridized carbons (Fsp3) is 0.234. The highest BCUT2D eigenvalue weighted by Crippen LogP contribution is 2.66. The highest BCUT2D eigenvalue weighted by molar-refractivity contribution is 7.91. The van der Waals surface area contributed by atoms with E-state index in [9.17, 15) is 69.5 Å². The first-order valence-corrected chi connectivity index (χ1v) is 23.0. The summed E-state index contributed by atoms with van der Waals surface area (Å²) in [4.78, 5) is -2.33. The van der Waals surface area contributed by atoms with Gasteiger partial charge >= 0.3 is 56.8 Å². The fourth-order valence-electron chi connectivity index (χ4n) is 8.20. The lowest BCUT2D eigenvalue weighted by atomic mass is 9.68. The molecule has 0 heterocycles. The maximum Gasteiger partial charge on any atom is 0.438 e. The largest absolute Gasteiger partial charge is 0.497 e. The first-order chi connectivity index (χ1) is 33.0. The molecule has 1 aliphatic carbocycles. The summed E-state index contributed by atoms with van der Waals surface area (Å²) in [7, 11) is -11.7. The molecule has 6 aromatic rings. The molecule has 25 heteroatoms. The van der Waals surface area contributed by atoms with Gasteiger partial charge in [0.2, 0.25) is 9.84 Å². The molecule has 0 bridgehead atoms. The summed E-state index contributed by atoms with van der Waals surface area (Å²) in [6.45, 7) is 0.343. The number of fused-ring (bicyclic) bond motifs is 3. The number of rotatable bonds is 16. The summed E-state index contributed by atoms with van der Waals surface area (Å²) in [6.07, 6.45) is 0. The Kier molecular flexibility index (Phi) is 12.7. The molecule has 0 saturated heterocycles. The predicted molar refractivity (Wildman–Crippen MR) is 224 cm³/mol. The summed E-state index contributed by atoms with van der Waals surface area (Å²) in [6, 6.07) is 33.6. The van der Waals surface area contributed by atoms with Gasteiger partial charge in [-0.25, -0.2) is 8.42 Å². The normalized spacial score (nSPS) is 14.9. The van der Waals surface area contributed by atoms with Crippen LogP contribution in [0.25, 0.3) is 11.1 Å². The van der Waals surface area contributed by atoms with Crippen LogP contribution in [-0.4, -0.2) is 69.3 Å². The number of aryl methyl sites for hydroxylation is 1. The minimum atomic E-state index is -8.98. The maximum absolute atomic E-state index is 15.5. The average Bonchev–Trinajstić information content (AvgIpc) is 3.62. The smallest absolute Gasteiger partial charge is 0.438 e. The zero-order valence-corrected chi connectivity index (χ0v) is 37.7. The van der Waals surface area contributed by atoms with E-state index in [0.717, 1.165) is 57.6 Å². The van der Waals surface area contributed by atoms with Gasteiger partial charge in [0.15, 0.2) is 0 Å². The molecule has 0 saturated carbocycles. The Labute approximate surface area is 397 Å². The van der Waals surface area contributed by atoms with Gasteiger partial charge < -0.3 is 9.47 Å². The molecular formula is C47H30F16O7S2. The molecule has 72 heavy (non-hydrogen) atoms. The van der Waals surface area contributed by atoms with Crippen LogP contribution in [0.15, 0.2) is 149 Å². The first kappa shape index (κ1) is 53.5. The van der Waals surface area contributed by atoms with Gasteiger partial charge in [-0.1, -0.05) is 78.9 Å². The molecule has 0 aromatic heterocycles. The van der Waals surface area contributed by atoms with Gasteiger partial charge in [0.05, 0.1) is 22.3 Å². The fourth-order valence-corrected chi connectivity index (χ4v) is 9.94. The third kappa shape index (κ3) is 7.49. The van der Waals surface area contributed by atoms with Gasteiger partial charge in [0, 0.05) is 5.56 Å². The van der Waals surface area contributed by atoms with E-state index >= 15 is 17.6 Å². The summed E-state index contributed by atoms with van der Waals surface area (Å²) in [5, 5.41) is -7.92. The predicted octanol–water partition coefficient (Wildman–Crippen LogP) is 13.4. The molecule has 0 amide bonds. The molecule has 1 N–H and O–H groups in total. The first-order valence-electron chi connectivity index (χ1n) is 20.1. The van der Waals surface area contributed by atoms with Crippen molar-refractivity contribution < 1.29 is 101 Å². The van der Waals surface area contributed by atoms with Crippen molar-refractivity contribution in [3.63, 3.8) is 0 Å². The van der Waals surface area contributed by atoms with E-state index < -0.39 is 99.1 Å². The zero-order chi connectivity index (χ0) is 53.7. The zero-order valence-electron chi connectivity index (χ0n) is 36.0.